The van der Waals surface area contributed by atoms with Crippen molar-refractivity contribution in [1.82, 2.24) is 0 Å². The minimum atomic E-state index is -1.44. The van der Waals surface area contributed by atoms with Crippen LogP contribution in [0.4, 0.5) is 4.79 Å². The van der Waals surface area contributed by atoms with Gasteiger partial charge in [0.15, 0.2) is 5.44 Å². The maximum absolute atomic E-state index is 11.3. The van der Waals surface area contributed by atoms with Crippen molar-refractivity contribution >= 4 is 17.9 Å². The zero-order valence-electron chi connectivity index (χ0n) is 17.5. The summed E-state index contributed by atoms with van der Waals surface area (Å²) in [5.74, 6) is 0.579. The van der Waals surface area contributed by atoms with Gasteiger partial charge in [0, 0.05) is 6.42 Å². The topological polar surface area (TPSA) is 105 Å². The number of aliphatic hydroxyl groups excluding tert-OH is 3. The monoisotopic (exact) mass is 448 g/mol. The molecule has 0 radical (unpaired) electrons. The minimum absolute atomic E-state index is 0.187. The van der Waals surface area contributed by atoms with E-state index in [1.807, 2.05) is 18.2 Å². The molecule has 3 rings (SSSR count). The number of ether oxygens (including phenoxy) is 3. The van der Waals surface area contributed by atoms with E-state index in [4.69, 9.17) is 9.47 Å². The van der Waals surface area contributed by atoms with Gasteiger partial charge in [-0.25, -0.2) is 4.79 Å². The summed E-state index contributed by atoms with van der Waals surface area (Å²) in [6, 6.07) is 15.9. The maximum atomic E-state index is 11.3. The number of para-hydroxylation sites is 1. The van der Waals surface area contributed by atoms with Crippen LogP contribution in [0.25, 0.3) is 0 Å². The molecule has 1 aliphatic heterocycles. The second kappa shape index (κ2) is 10.9. The lowest BCUT2D eigenvalue weighted by atomic mass is 10.0. The largest absolute Gasteiger partial charge is 0.508 e. The Labute approximate surface area is 186 Å². The van der Waals surface area contributed by atoms with Crippen molar-refractivity contribution in [2.75, 3.05) is 13.7 Å². The molecule has 7 nitrogen and oxygen atoms in total. The fraction of sp³-hybridized carbons (Fsp3) is 0.435. The number of aryl methyl sites for hydroxylation is 1. The Morgan fingerprint density at radius 1 is 0.968 bits per heavy atom. The standard InChI is InChI=1S/C23H28O7S/c1-3-14-8-10-15(11-9-14)12-16-6-4-5-7-17(16)30-22-21(26)20(25)19(24)18(31-22)13-29-23(27)28-2/h4-11,18-22,24-26H,3,12-13H2,1-2H3/t18-,19+,20-,21+,22-/m0/s1. The van der Waals surface area contributed by atoms with Gasteiger partial charge in [-0.15, -0.1) is 11.8 Å². The lowest BCUT2D eigenvalue weighted by Gasteiger charge is -2.39. The summed E-state index contributed by atoms with van der Waals surface area (Å²) in [6.07, 6.45) is -3.29. The molecule has 31 heavy (non-hydrogen) atoms. The number of carbonyl (C=O) groups is 1. The van der Waals surface area contributed by atoms with Crippen molar-refractivity contribution in [3.8, 4) is 5.75 Å². The van der Waals surface area contributed by atoms with Crippen LogP contribution in [-0.2, 0) is 22.3 Å². The molecule has 1 saturated heterocycles. The number of benzene rings is 2. The highest BCUT2D eigenvalue weighted by molar-refractivity contribution is 8.00. The van der Waals surface area contributed by atoms with Crippen LogP contribution < -0.4 is 4.74 Å². The number of rotatable bonds is 7. The summed E-state index contributed by atoms with van der Waals surface area (Å²) >= 11 is 1.10. The van der Waals surface area contributed by atoms with Gasteiger partial charge >= 0.3 is 6.16 Å². The molecule has 0 aliphatic carbocycles. The molecule has 2 aromatic rings. The summed E-state index contributed by atoms with van der Waals surface area (Å²) in [5, 5.41) is 30.3. The van der Waals surface area contributed by atoms with Crippen molar-refractivity contribution in [3.63, 3.8) is 0 Å². The Morgan fingerprint density at radius 2 is 1.65 bits per heavy atom. The van der Waals surface area contributed by atoms with Gasteiger partial charge in [0.2, 0.25) is 0 Å². The molecule has 0 unspecified atom stereocenters. The molecule has 0 amide bonds. The van der Waals surface area contributed by atoms with Crippen LogP contribution in [0.5, 0.6) is 5.75 Å². The van der Waals surface area contributed by atoms with Gasteiger partial charge in [0.25, 0.3) is 0 Å². The zero-order chi connectivity index (χ0) is 22.4. The molecule has 0 spiro atoms. The van der Waals surface area contributed by atoms with Crippen molar-refractivity contribution in [2.45, 2.75) is 48.8 Å². The van der Waals surface area contributed by atoms with Crippen LogP contribution in [0.2, 0.25) is 0 Å². The van der Waals surface area contributed by atoms with E-state index in [9.17, 15) is 20.1 Å². The first-order valence-electron chi connectivity index (χ1n) is 10.2. The molecule has 1 heterocycles. The zero-order valence-corrected chi connectivity index (χ0v) is 18.3. The van der Waals surface area contributed by atoms with Crippen LogP contribution in [0.1, 0.15) is 23.6 Å². The van der Waals surface area contributed by atoms with Crippen molar-refractivity contribution in [1.29, 1.82) is 0 Å². The average Bonchev–Trinajstić information content (AvgIpc) is 2.80. The van der Waals surface area contributed by atoms with E-state index in [0.29, 0.717) is 12.2 Å². The lowest BCUT2D eigenvalue weighted by molar-refractivity contribution is -0.0921. The molecule has 0 bridgehead atoms. The van der Waals surface area contributed by atoms with Gasteiger partial charge in [-0.3, -0.25) is 0 Å². The molecule has 168 valence electrons. The quantitative estimate of drug-likeness (QED) is 0.555. The van der Waals surface area contributed by atoms with Crippen LogP contribution in [0.15, 0.2) is 48.5 Å². The third-order valence-electron chi connectivity index (χ3n) is 5.24. The van der Waals surface area contributed by atoms with E-state index < -0.39 is 35.2 Å². The molecular formula is C23H28O7S. The lowest BCUT2D eigenvalue weighted by Crippen LogP contribution is -2.55. The van der Waals surface area contributed by atoms with Gasteiger partial charge in [-0.1, -0.05) is 49.4 Å². The minimum Gasteiger partial charge on any atom is -0.477 e. The van der Waals surface area contributed by atoms with Crippen molar-refractivity contribution < 1.29 is 34.3 Å². The van der Waals surface area contributed by atoms with Crippen molar-refractivity contribution in [3.05, 3.63) is 65.2 Å². The molecule has 0 saturated carbocycles. The number of hydrogen-bond acceptors (Lipinski definition) is 8. The molecule has 2 aromatic carbocycles. The van der Waals surface area contributed by atoms with E-state index in [2.05, 4.69) is 35.9 Å². The highest BCUT2D eigenvalue weighted by Crippen LogP contribution is 2.36. The molecule has 5 atom stereocenters. The Hall–Kier alpha value is -2.26. The van der Waals surface area contributed by atoms with Gasteiger partial charge in [0.1, 0.15) is 24.6 Å². The molecule has 1 aliphatic rings. The number of hydrogen-bond donors (Lipinski definition) is 3. The van der Waals surface area contributed by atoms with Crippen LogP contribution in [0, 0.1) is 0 Å². The Morgan fingerprint density at radius 3 is 2.32 bits per heavy atom. The summed E-state index contributed by atoms with van der Waals surface area (Å²) < 4.78 is 15.4. The predicted octanol–water partition coefficient (Wildman–Crippen LogP) is 2.53. The molecular weight excluding hydrogens is 420 g/mol. The Balaban J connectivity index is 1.73. The van der Waals surface area contributed by atoms with E-state index in [0.717, 1.165) is 29.3 Å². The average molecular weight is 449 g/mol. The van der Waals surface area contributed by atoms with Gasteiger partial charge in [-0.2, -0.15) is 0 Å². The number of methoxy groups -OCH3 is 1. The smallest absolute Gasteiger partial charge is 0.477 e. The Bertz CT molecular complexity index is 857. The van der Waals surface area contributed by atoms with E-state index in [1.54, 1.807) is 6.07 Å². The molecule has 1 fully saturated rings. The number of carbonyl (C=O) groups excluding carboxylic acids is 1. The van der Waals surface area contributed by atoms with Gasteiger partial charge in [0.05, 0.1) is 18.5 Å². The molecule has 8 heteroatoms. The predicted molar refractivity (Wildman–Crippen MR) is 117 cm³/mol. The number of thioether (sulfide) groups is 1. The second-order valence-electron chi connectivity index (χ2n) is 7.35. The molecule has 3 N–H and O–H groups in total. The summed E-state index contributed by atoms with van der Waals surface area (Å²) in [4.78, 5) is 11.3. The third kappa shape index (κ3) is 5.92. The summed E-state index contributed by atoms with van der Waals surface area (Å²) in [5.41, 5.74) is 2.48. The highest BCUT2D eigenvalue weighted by atomic mass is 32.2. The van der Waals surface area contributed by atoms with Crippen LogP contribution in [0.3, 0.4) is 0 Å². The van der Waals surface area contributed by atoms with Gasteiger partial charge < -0.3 is 29.5 Å². The SMILES string of the molecule is CCc1ccc(Cc2ccccc2O[C@H]2S[C@@H](COC(=O)OC)[C@@H](O)[C@H](O)[C@H]2O)cc1. The first-order chi connectivity index (χ1) is 14.9. The van der Waals surface area contributed by atoms with E-state index in [1.165, 1.54) is 12.7 Å². The maximum Gasteiger partial charge on any atom is 0.508 e. The van der Waals surface area contributed by atoms with E-state index in [-0.39, 0.29) is 6.61 Å². The van der Waals surface area contributed by atoms with Crippen molar-refractivity contribution in [2.24, 2.45) is 0 Å². The third-order valence-corrected chi connectivity index (χ3v) is 6.65. The fourth-order valence-electron chi connectivity index (χ4n) is 3.36. The number of aliphatic hydroxyl groups is 3. The molecule has 0 aromatic heterocycles. The first kappa shape index (κ1) is 23.4. The second-order valence-corrected chi connectivity index (χ2v) is 8.69. The first-order valence-corrected chi connectivity index (χ1v) is 11.1. The fourth-order valence-corrected chi connectivity index (χ4v) is 4.66. The van der Waals surface area contributed by atoms with Crippen LogP contribution >= 0.6 is 11.8 Å². The van der Waals surface area contributed by atoms with Gasteiger partial charge in [-0.05, 0) is 29.2 Å². The summed E-state index contributed by atoms with van der Waals surface area (Å²) in [7, 11) is 1.18. The highest BCUT2D eigenvalue weighted by Gasteiger charge is 2.45. The van der Waals surface area contributed by atoms with E-state index >= 15 is 0 Å². The summed E-state index contributed by atoms with van der Waals surface area (Å²) in [6.45, 7) is 1.92. The Kier molecular flexibility index (Phi) is 8.20. The normalized spacial score (nSPS) is 25.6. The van der Waals surface area contributed by atoms with Crippen LogP contribution in [-0.4, -0.2) is 64.2 Å².